The first-order chi connectivity index (χ1) is 6.54. The Kier molecular flexibility index (Phi) is 3.93. The van der Waals surface area contributed by atoms with Crippen molar-refractivity contribution in [2.75, 3.05) is 13.2 Å². The fourth-order valence-electron chi connectivity index (χ4n) is 2.05. The number of carbonyl (C=O) groups excluding carboxylic acids is 1. The SMILES string of the molecule is CC(C)N(C(=O)C1CCOC1)C(C)C. The normalized spacial score (nSPS) is 22.0. The fraction of sp³-hybridized carbons (Fsp3) is 0.909. The highest BCUT2D eigenvalue weighted by Gasteiger charge is 2.30. The van der Waals surface area contributed by atoms with Crippen LogP contribution in [0, 0.1) is 5.92 Å². The van der Waals surface area contributed by atoms with Crippen LogP contribution in [-0.4, -0.2) is 36.1 Å². The molecule has 1 saturated heterocycles. The summed E-state index contributed by atoms with van der Waals surface area (Å²) in [6.45, 7) is 9.60. The number of ether oxygens (including phenoxy) is 1. The second-order valence-electron chi connectivity index (χ2n) is 4.49. The summed E-state index contributed by atoms with van der Waals surface area (Å²) >= 11 is 0. The number of amides is 1. The lowest BCUT2D eigenvalue weighted by Crippen LogP contribution is -2.45. The molecule has 1 heterocycles. The Morgan fingerprint density at radius 3 is 2.21 bits per heavy atom. The zero-order chi connectivity index (χ0) is 10.7. The van der Waals surface area contributed by atoms with Gasteiger partial charge in [-0.2, -0.15) is 0 Å². The third kappa shape index (κ3) is 2.47. The van der Waals surface area contributed by atoms with Gasteiger partial charge in [0.15, 0.2) is 0 Å². The van der Waals surface area contributed by atoms with Crippen molar-refractivity contribution in [1.29, 1.82) is 0 Å². The van der Waals surface area contributed by atoms with Gasteiger partial charge < -0.3 is 9.64 Å². The van der Waals surface area contributed by atoms with E-state index in [2.05, 4.69) is 27.7 Å². The van der Waals surface area contributed by atoms with Crippen molar-refractivity contribution < 1.29 is 9.53 Å². The van der Waals surface area contributed by atoms with Crippen molar-refractivity contribution in [2.45, 2.75) is 46.2 Å². The highest BCUT2D eigenvalue weighted by molar-refractivity contribution is 5.79. The second-order valence-corrected chi connectivity index (χ2v) is 4.49. The highest BCUT2D eigenvalue weighted by Crippen LogP contribution is 2.18. The van der Waals surface area contributed by atoms with Crippen LogP contribution in [0.5, 0.6) is 0 Å². The molecule has 3 heteroatoms. The molecule has 1 amide bonds. The first-order valence-electron chi connectivity index (χ1n) is 5.44. The number of rotatable bonds is 3. The Morgan fingerprint density at radius 1 is 1.29 bits per heavy atom. The lowest BCUT2D eigenvalue weighted by Gasteiger charge is -2.32. The number of carbonyl (C=O) groups is 1. The lowest BCUT2D eigenvalue weighted by atomic mass is 10.1. The third-order valence-electron chi connectivity index (χ3n) is 2.65. The van der Waals surface area contributed by atoms with E-state index >= 15 is 0 Å². The van der Waals surface area contributed by atoms with E-state index in [0.29, 0.717) is 6.61 Å². The Bertz CT molecular complexity index is 187. The van der Waals surface area contributed by atoms with Gasteiger partial charge in [-0.15, -0.1) is 0 Å². The first kappa shape index (κ1) is 11.5. The zero-order valence-electron chi connectivity index (χ0n) is 9.62. The van der Waals surface area contributed by atoms with E-state index < -0.39 is 0 Å². The van der Waals surface area contributed by atoms with Gasteiger partial charge in [0.1, 0.15) is 0 Å². The maximum Gasteiger partial charge on any atom is 0.228 e. The molecule has 1 rings (SSSR count). The summed E-state index contributed by atoms with van der Waals surface area (Å²) in [5, 5.41) is 0. The van der Waals surface area contributed by atoms with E-state index in [1.807, 2.05) is 4.90 Å². The Morgan fingerprint density at radius 2 is 1.86 bits per heavy atom. The predicted molar refractivity (Wildman–Crippen MR) is 56.0 cm³/mol. The molecule has 0 aromatic rings. The van der Waals surface area contributed by atoms with E-state index in [-0.39, 0.29) is 23.9 Å². The Labute approximate surface area is 86.4 Å². The average Bonchev–Trinajstić information content (AvgIpc) is 2.53. The second kappa shape index (κ2) is 4.78. The molecule has 0 radical (unpaired) electrons. The van der Waals surface area contributed by atoms with E-state index in [9.17, 15) is 4.79 Å². The molecule has 3 nitrogen and oxygen atoms in total. The molecule has 0 spiro atoms. The molecular formula is C11H21NO2. The van der Waals surface area contributed by atoms with E-state index in [1.165, 1.54) is 0 Å². The smallest absolute Gasteiger partial charge is 0.228 e. The maximum absolute atomic E-state index is 12.1. The topological polar surface area (TPSA) is 29.5 Å². The van der Waals surface area contributed by atoms with Crippen molar-refractivity contribution in [3.63, 3.8) is 0 Å². The molecule has 14 heavy (non-hydrogen) atoms. The fourth-order valence-corrected chi connectivity index (χ4v) is 2.05. The molecule has 0 saturated carbocycles. The van der Waals surface area contributed by atoms with Gasteiger partial charge in [0, 0.05) is 18.7 Å². The molecule has 0 aromatic heterocycles. The minimum absolute atomic E-state index is 0.0970. The maximum atomic E-state index is 12.1. The molecule has 0 aliphatic carbocycles. The Balaban J connectivity index is 2.62. The van der Waals surface area contributed by atoms with Crippen molar-refractivity contribution in [2.24, 2.45) is 5.92 Å². The molecular weight excluding hydrogens is 178 g/mol. The van der Waals surface area contributed by atoms with Crippen LogP contribution in [0.3, 0.4) is 0 Å². The summed E-state index contributed by atoms with van der Waals surface area (Å²) in [7, 11) is 0. The summed E-state index contributed by atoms with van der Waals surface area (Å²) in [5.41, 5.74) is 0. The highest BCUT2D eigenvalue weighted by atomic mass is 16.5. The van der Waals surface area contributed by atoms with E-state index in [0.717, 1.165) is 13.0 Å². The summed E-state index contributed by atoms with van der Waals surface area (Å²) in [5.74, 6) is 0.354. The zero-order valence-corrected chi connectivity index (χ0v) is 9.62. The largest absolute Gasteiger partial charge is 0.381 e. The summed E-state index contributed by atoms with van der Waals surface area (Å²) in [6.07, 6.45) is 0.884. The number of hydrogen-bond acceptors (Lipinski definition) is 2. The van der Waals surface area contributed by atoms with Crippen molar-refractivity contribution in [3.8, 4) is 0 Å². The number of hydrogen-bond donors (Lipinski definition) is 0. The van der Waals surface area contributed by atoms with Gasteiger partial charge in [0.25, 0.3) is 0 Å². The van der Waals surface area contributed by atoms with Gasteiger partial charge in [-0.1, -0.05) is 0 Å². The van der Waals surface area contributed by atoms with Gasteiger partial charge in [-0.05, 0) is 34.1 Å². The van der Waals surface area contributed by atoms with Crippen molar-refractivity contribution >= 4 is 5.91 Å². The van der Waals surface area contributed by atoms with Gasteiger partial charge in [0.05, 0.1) is 12.5 Å². The van der Waals surface area contributed by atoms with Gasteiger partial charge >= 0.3 is 0 Å². The van der Waals surface area contributed by atoms with Crippen LogP contribution in [0.2, 0.25) is 0 Å². The molecule has 1 atom stereocenters. The molecule has 1 unspecified atom stereocenters. The minimum atomic E-state index is 0.0970. The van der Waals surface area contributed by atoms with Crippen LogP contribution in [0.25, 0.3) is 0 Å². The summed E-state index contributed by atoms with van der Waals surface area (Å²) in [4.78, 5) is 14.0. The lowest BCUT2D eigenvalue weighted by molar-refractivity contribution is -0.139. The van der Waals surface area contributed by atoms with Gasteiger partial charge in [-0.3, -0.25) is 4.79 Å². The van der Waals surface area contributed by atoms with Crippen LogP contribution < -0.4 is 0 Å². The predicted octanol–water partition coefficient (Wildman–Crippen LogP) is 1.67. The van der Waals surface area contributed by atoms with Gasteiger partial charge in [0.2, 0.25) is 5.91 Å². The van der Waals surface area contributed by atoms with Crippen LogP contribution in [-0.2, 0) is 9.53 Å². The van der Waals surface area contributed by atoms with Crippen molar-refractivity contribution in [1.82, 2.24) is 4.90 Å². The average molecular weight is 199 g/mol. The van der Waals surface area contributed by atoms with E-state index in [4.69, 9.17) is 4.74 Å². The van der Waals surface area contributed by atoms with Gasteiger partial charge in [-0.25, -0.2) is 0 Å². The van der Waals surface area contributed by atoms with Crippen LogP contribution in [0.1, 0.15) is 34.1 Å². The monoisotopic (exact) mass is 199 g/mol. The number of nitrogens with zero attached hydrogens (tertiary/aromatic N) is 1. The van der Waals surface area contributed by atoms with Crippen LogP contribution >= 0.6 is 0 Å². The Hall–Kier alpha value is -0.570. The minimum Gasteiger partial charge on any atom is -0.381 e. The molecule has 0 aromatic carbocycles. The van der Waals surface area contributed by atoms with Crippen LogP contribution in [0.15, 0.2) is 0 Å². The molecule has 1 fully saturated rings. The molecule has 1 aliphatic heterocycles. The van der Waals surface area contributed by atoms with Crippen LogP contribution in [0.4, 0.5) is 0 Å². The molecule has 82 valence electrons. The molecule has 1 aliphatic rings. The summed E-state index contributed by atoms with van der Waals surface area (Å²) in [6, 6.07) is 0.561. The quantitative estimate of drug-likeness (QED) is 0.692. The first-order valence-corrected chi connectivity index (χ1v) is 5.44. The van der Waals surface area contributed by atoms with Crippen molar-refractivity contribution in [3.05, 3.63) is 0 Å². The molecule has 0 N–H and O–H groups in total. The third-order valence-corrected chi connectivity index (χ3v) is 2.65. The molecule has 0 bridgehead atoms. The van der Waals surface area contributed by atoms with E-state index in [1.54, 1.807) is 0 Å². The summed E-state index contributed by atoms with van der Waals surface area (Å²) < 4.78 is 5.24. The standard InChI is InChI=1S/C11H21NO2/c1-8(2)12(9(3)4)11(13)10-5-6-14-7-10/h8-10H,5-7H2,1-4H3.